The summed E-state index contributed by atoms with van der Waals surface area (Å²) in [6.45, 7) is 0. The molecule has 1 aromatic rings. The van der Waals surface area contributed by atoms with Gasteiger partial charge in [-0.1, -0.05) is 6.07 Å². The topological polar surface area (TPSA) is 101 Å². The molecule has 7 nitrogen and oxygen atoms in total. The van der Waals surface area contributed by atoms with Crippen molar-refractivity contribution in [1.82, 2.24) is 4.31 Å². The number of non-ortho nitro benzene ring substituents is 1. The third-order valence-electron chi connectivity index (χ3n) is 4.25. The maximum Gasteiger partial charge on any atom is 0.270 e. The number of rotatable bonds is 3. The lowest BCUT2D eigenvalue weighted by molar-refractivity contribution is -0.385. The van der Waals surface area contributed by atoms with Crippen LogP contribution in [0.15, 0.2) is 29.2 Å². The van der Waals surface area contributed by atoms with Crippen LogP contribution in [-0.4, -0.2) is 40.9 Å². The van der Waals surface area contributed by atoms with E-state index in [9.17, 15) is 23.6 Å². The van der Waals surface area contributed by atoms with Crippen molar-refractivity contribution >= 4 is 15.7 Å². The van der Waals surface area contributed by atoms with E-state index >= 15 is 0 Å². The Labute approximate surface area is 122 Å². The molecule has 2 unspecified atom stereocenters. The van der Waals surface area contributed by atoms with Gasteiger partial charge in [0, 0.05) is 24.2 Å². The van der Waals surface area contributed by atoms with Gasteiger partial charge in [-0.05, 0) is 31.7 Å². The van der Waals surface area contributed by atoms with Crippen LogP contribution in [0.1, 0.15) is 25.7 Å². The fraction of sp³-hybridized carbons (Fsp3) is 0.538. The largest absolute Gasteiger partial charge is 0.393 e. The van der Waals surface area contributed by atoms with Crippen molar-refractivity contribution in [2.75, 3.05) is 0 Å². The molecule has 21 heavy (non-hydrogen) atoms. The van der Waals surface area contributed by atoms with Gasteiger partial charge in [-0.2, -0.15) is 4.31 Å². The Morgan fingerprint density at radius 2 is 1.86 bits per heavy atom. The summed E-state index contributed by atoms with van der Waals surface area (Å²) in [6.07, 6.45) is 1.88. The zero-order valence-corrected chi connectivity index (χ0v) is 12.1. The second-order valence-electron chi connectivity index (χ2n) is 5.60. The number of nitro benzene ring substituents is 1. The van der Waals surface area contributed by atoms with Crippen molar-refractivity contribution in [3.63, 3.8) is 0 Å². The van der Waals surface area contributed by atoms with Crippen molar-refractivity contribution in [3.8, 4) is 0 Å². The summed E-state index contributed by atoms with van der Waals surface area (Å²) in [5.41, 5.74) is -0.236. The number of piperidine rings is 1. The molecule has 2 heterocycles. The number of hydrogen-bond acceptors (Lipinski definition) is 5. The molecule has 0 amide bonds. The zero-order chi connectivity index (χ0) is 15.2. The first-order chi connectivity index (χ1) is 9.89. The van der Waals surface area contributed by atoms with Gasteiger partial charge in [0.05, 0.1) is 15.9 Å². The smallest absolute Gasteiger partial charge is 0.270 e. The number of fused-ring (bicyclic) bond motifs is 2. The van der Waals surface area contributed by atoms with Crippen LogP contribution in [0.5, 0.6) is 0 Å². The summed E-state index contributed by atoms with van der Waals surface area (Å²) in [5.74, 6) is 0. The number of aliphatic hydroxyl groups excluding tert-OH is 1. The average Bonchev–Trinajstić information content (AvgIpc) is 2.72. The van der Waals surface area contributed by atoms with E-state index in [1.54, 1.807) is 0 Å². The molecule has 1 N–H and O–H groups in total. The monoisotopic (exact) mass is 312 g/mol. The van der Waals surface area contributed by atoms with E-state index in [0.717, 1.165) is 18.9 Å². The van der Waals surface area contributed by atoms with Gasteiger partial charge in [-0.3, -0.25) is 10.1 Å². The third kappa shape index (κ3) is 2.43. The molecule has 2 aliphatic rings. The fourth-order valence-corrected chi connectivity index (χ4v) is 5.31. The molecule has 1 aromatic carbocycles. The third-order valence-corrected chi connectivity index (χ3v) is 6.25. The lowest BCUT2D eigenvalue weighted by Gasteiger charge is -2.35. The highest BCUT2D eigenvalue weighted by atomic mass is 32.2. The van der Waals surface area contributed by atoms with Gasteiger partial charge in [0.25, 0.3) is 5.69 Å². The molecule has 0 radical (unpaired) electrons. The number of benzene rings is 1. The molecule has 0 spiro atoms. The molecule has 2 saturated heterocycles. The van der Waals surface area contributed by atoms with E-state index < -0.39 is 21.1 Å². The first-order valence-corrected chi connectivity index (χ1v) is 8.29. The van der Waals surface area contributed by atoms with Crippen LogP contribution in [0.2, 0.25) is 0 Å². The quantitative estimate of drug-likeness (QED) is 0.669. The average molecular weight is 312 g/mol. The highest BCUT2D eigenvalue weighted by Gasteiger charge is 2.47. The number of nitrogens with zero attached hydrogens (tertiary/aromatic N) is 2. The van der Waals surface area contributed by atoms with Crippen LogP contribution < -0.4 is 0 Å². The molecule has 114 valence electrons. The minimum atomic E-state index is -3.76. The second-order valence-corrected chi connectivity index (χ2v) is 7.44. The minimum absolute atomic E-state index is 0.0509. The first kappa shape index (κ1) is 14.4. The summed E-state index contributed by atoms with van der Waals surface area (Å²) in [6, 6.07) is 4.72. The Hall–Kier alpha value is -1.51. The van der Waals surface area contributed by atoms with Crippen LogP contribution >= 0.6 is 0 Å². The van der Waals surface area contributed by atoms with E-state index in [-0.39, 0.29) is 22.7 Å². The summed E-state index contributed by atoms with van der Waals surface area (Å²) in [4.78, 5) is 10.1. The Balaban J connectivity index is 1.98. The number of hydrogen-bond donors (Lipinski definition) is 1. The Kier molecular flexibility index (Phi) is 3.46. The zero-order valence-electron chi connectivity index (χ0n) is 11.3. The lowest BCUT2D eigenvalue weighted by atomic mass is 10.0. The van der Waals surface area contributed by atoms with Crippen LogP contribution in [0, 0.1) is 10.1 Å². The lowest BCUT2D eigenvalue weighted by Crippen LogP contribution is -2.47. The van der Waals surface area contributed by atoms with E-state index in [1.165, 1.54) is 22.5 Å². The van der Waals surface area contributed by atoms with Crippen LogP contribution in [0.3, 0.4) is 0 Å². The van der Waals surface area contributed by atoms with Crippen molar-refractivity contribution in [1.29, 1.82) is 0 Å². The molecule has 2 aliphatic heterocycles. The number of nitro groups is 1. The van der Waals surface area contributed by atoms with E-state index in [0.29, 0.717) is 12.8 Å². The molecular weight excluding hydrogens is 296 g/mol. The molecular formula is C13H16N2O5S. The van der Waals surface area contributed by atoms with Gasteiger partial charge in [0.15, 0.2) is 0 Å². The molecule has 2 atom stereocenters. The fourth-order valence-electron chi connectivity index (χ4n) is 3.38. The Bertz CT molecular complexity index is 661. The first-order valence-electron chi connectivity index (χ1n) is 6.85. The number of sulfonamides is 1. The van der Waals surface area contributed by atoms with Crippen molar-refractivity contribution in [2.45, 2.75) is 48.8 Å². The minimum Gasteiger partial charge on any atom is -0.393 e. The van der Waals surface area contributed by atoms with Gasteiger partial charge in [0.1, 0.15) is 0 Å². The van der Waals surface area contributed by atoms with Crippen molar-refractivity contribution in [2.24, 2.45) is 0 Å². The summed E-state index contributed by atoms with van der Waals surface area (Å²) in [5, 5.41) is 20.6. The predicted molar refractivity (Wildman–Crippen MR) is 74.2 cm³/mol. The maximum absolute atomic E-state index is 12.8. The standard InChI is InChI=1S/C13H16N2O5S/c16-12-6-9-4-5-10(7-12)14(9)21(19,20)13-3-1-2-11(8-13)15(17)18/h1-3,8-10,12,16H,4-7H2. The van der Waals surface area contributed by atoms with Gasteiger partial charge in [0.2, 0.25) is 10.0 Å². The van der Waals surface area contributed by atoms with Gasteiger partial charge in [-0.15, -0.1) is 0 Å². The molecule has 3 rings (SSSR count). The molecule has 8 heteroatoms. The SMILES string of the molecule is O=[N+]([O-])c1cccc(S(=O)(=O)N2C3CCC2CC(O)C3)c1. The van der Waals surface area contributed by atoms with Gasteiger partial charge < -0.3 is 5.11 Å². The Morgan fingerprint density at radius 1 is 1.24 bits per heavy atom. The number of aliphatic hydroxyl groups is 1. The van der Waals surface area contributed by atoms with Crippen molar-refractivity contribution in [3.05, 3.63) is 34.4 Å². The van der Waals surface area contributed by atoms with Gasteiger partial charge in [-0.25, -0.2) is 8.42 Å². The van der Waals surface area contributed by atoms with Crippen LogP contribution in [-0.2, 0) is 10.0 Å². The molecule has 2 fully saturated rings. The Morgan fingerprint density at radius 3 is 2.43 bits per heavy atom. The van der Waals surface area contributed by atoms with Crippen LogP contribution in [0.4, 0.5) is 5.69 Å². The summed E-state index contributed by atoms with van der Waals surface area (Å²) < 4.78 is 26.9. The molecule has 2 bridgehead atoms. The van der Waals surface area contributed by atoms with E-state index in [1.807, 2.05) is 0 Å². The normalized spacial score (nSPS) is 29.5. The van der Waals surface area contributed by atoms with Gasteiger partial charge >= 0.3 is 0 Å². The molecule has 0 saturated carbocycles. The molecule has 0 aromatic heterocycles. The van der Waals surface area contributed by atoms with E-state index in [4.69, 9.17) is 0 Å². The second kappa shape index (κ2) is 5.04. The highest BCUT2D eigenvalue weighted by molar-refractivity contribution is 7.89. The summed E-state index contributed by atoms with van der Waals surface area (Å²) in [7, 11) is -3.76. The predicted octanol–water partition coefficient (Wildman–Crippen LogP) is 1.27. The highest BCUT2D eigenvalue weighted by Crippen LogP contribution is 2.40. The van der Waals surface area contributed by atoms with E-state index in [2.05, 4.69) is 0 Å². The van der Waals surface area contributed by atoms with Crippen molar-refractivity contribution < 1.29 is 18.4 Å². The molecule has 0 aliphatic carbocycles. The maximum atomic E-state index is 12.8. The van der Waals surface area contributed by atoms with Crippen LogP contribution in [0.25, 0.3) is 0 Å². The summed E-state index contributed by atoms with van der Waals surface area (Å²) >= 11 is 0.